The predicted octanol–water partition coefficient (Wildman–Crippen LogP) is 3.89. The number of halogens is 2. The Balaban J connectivity index is 2.17. The number of hydrogen-bond donors (Lipinski definition) is 1. The molecule has 2 rings (SSSR count). The third-order valence-corrected chi connectivity index (χ3v) is 3.67. The van der Waals surface area contributed by atoms with Crippen LogP contribution in [-0.4, -0.2) is 0 Å². The molecule has 0 aliphatic heterocycles. The Kier molecular flexibility index (Phi) is 3.74. The number of hydrogen-bond acceptors (Lipinski definition) is 2. The first kappa shape index (κ1) is 11.8. The van der Waals surface area contributed by atoms with Crippen molar-refractivity contribution in [1.82, 2.24) is 0 Å². The van der Waals surface area contributed by atoms with Crippen molar-refractivity contribution in [2.45, 2.75) is 12.5 Å². The molecule has 0 radical (unpaired) electrons. The van der Waals surface area contributed by atoms with E-state index in [1.165, 1.54) is 17.0 Å². The van der Waals surface area contributed by atoms with E-state index in [9.17, 15) is 4.39 Å². The van der Waals surface area contributed by atoms with Crippen LogP contribution in [0.5, 0.6) is 0 Å². The molecule has 84 valence electrons. The quantitative estimate of drug-likeness (QED) is 0.914. The summed E-state index contributed by atoms with van der Waals surface area (Å²) in [5.41, 5.74) is 6.86. The van der Waals surface area contributed by atoms with Crippen LogP contribution in [0.15, 0.2) is 40.2 Å². The zero-order valence-electron chi connectivity index (χ0n) is 8.49. The van der Waals surface area contributed by atoms with Gasteiger partial charge in [-0.05, 0) is 35.2 Å². The van der Waals surface area contributed by atoms with E-state index in [-0.39, 0.29) is 11.9 Å². The maximum atomic E-state index is 13.2. The fourth-order valence-corrected chi connectivity index (χ4v) is 2.80. The first-order chi connectivity index (χ1) is 7.65. The molecule has 1 heterocycles. The molecule has 0 saturated heterocycles. The SMILES string of the molecule is NC(Cc1cccs1)c1cc(F)cc(Br)c1. The molecule has 16 heavy (non-hydrogen) atoms. The van der Waals surface area contributed by atoms with Crippen LogP contribution < -0.4 is 5.73 Å². The Morgan fingerprint density at radius 2 is 2.19 bits per heavy atom. The van der Waals surface area contributed by atoms with E-state index in [4.69, 9.17) is 5.73 Å². The molecule has 0 fully saturated rings. The Bertz CT molecular complexity index is 450. The third-order valence-electron chi connectivity index (χ3n) is 2.31. The van der Waals surface area contributed by atoms with Crippen molar-refractivity contribution in [1.29, 1.82) is 0 Å². The highest BCUT2D eigenvalue weighted by Crippen LogP contribution is 2.23. The van der Waals surface area contributed by atoms with E-state index in [0.29, 0.717) is 0 Å². The summed E-state index contributed by atoms with van der Waals surface area (Å²) in [6.07, 6.45) is 0.744. The van der Waals surface area contributed by atoms with Gasteiger partial charge in [0, 0.05) is 21.8 Å². The van der Waals surface area contributed by atoms with Crippen molar-refractivity contribution in [3.63, 3.8) is 0 Å². The maximum absolute atomic E-state index is 13.2. The van der Waals surface area contributed by atoms with Crippen molar-refractivity contribution in [3.05, 3.63) is 56.4 Å². The maximum Gasteiger partial charge on any atom is 0.124 e. The first-order valence-electron chi connectivity index (χ1n) is 4.89. The van der Waals surface area contributed by atoms with Crippen LogP contribution in [-0.2, 0) is 6.42 Å². The topological polar surface area (TPSA) is 26.0 Å². The summed E-state index contributed by atoms with van der Waals surface area (Å²) in [5.74, 6) is -0.258. The van der Waals surface area contributed by atoms with Crippen molar-refractivity contribution >= 4 is 27.3 Å². The highest BCUT2D eigenvalue weighted by Gasteiger charge is 2.09. The number of thiophene rings is 1. The lowest BCUT2D eigenvalue weighted by Crippen LogP contribution is -2.12. The Morgan fingerprint density at radius 3 is 2.81 bits per heavy atom. The summed E-state index contributed by atoms with van der Waals surface area (Å²) in [5, 5.41) is 2.02. The minimum atomic E-state index is -0.258. The Labute approximate surface area is 106 Å². The predicted molar refractivity (Wildman–Crippen MR) is 69.1 cm³/mol. The summed E-state index contributed by atoms with van der Waals surface area (Å²) in [6.45, 7) is 0. The molecule has 0 aliphatic rings. The van der Waals surface area contributed by atoms with Crippen LogP contribution in [0.25, 0.3) is 0 Å². The zero-order chi connectivity index (χ0) is 11.5. The zero-order valence-corrected chi connectivity index (χ0v) is 10.9. The second kappa shape index (κ2) is 5.08. The molecule has 1 atom stereocenters. The van der Waals surface area contributed by atoms with Gasteiger partial charge in [0.2, 0.25) is 0 Å². The van der Waals surface area contributed by atoms with Gasteiger partial charge in [0.15, 0.2) is 0 Å². The van der Waals surface area contributed by atoms with E-state index >= 15 is 0 Å². The summed E-state index contributed by atoms with van der Waals surface area (Å²) < 4.78 is 13.9. The number of benzene rings is 1. The summed E-state index contributed by atoms with van der Waals surface area (Å²) in [6, 6.07) is 8.66. The van der Waals surface area contributed by atoms with Gasteiger partial charge in [0.25, 0.3) is 0 Å². The van der Waals surface area contributed by atoms with Gasteiger partial charge in [0.1, 0.15) is 5.82 Å². The largest absolute Gasteiger partial charge is 0.324 e. The Hall–Kier alpha value is -0.710. The van der Waals surface area contributed by atoms with Crippen molar-refractivity contribution in [2.75, 3.05) is 0 Å². The number of nitrogens with two attached hydrogens (primary N) is 1. The van der Waals surface area contributed by atoms with Gasteiger partial charge in [-0.3, -0.25) is 0 Å². The van der Waals surface area contributed by atoms with Crippen LogP contribution in [0.3, 0.4) is 0 Å². The van der Waals surface area contributed by atoms with Gasteiger partial charge in [-0.2, -0.15) is 0 Å². The molecular formula is C12H11BrFNS. The molecule has 1 nitrogen and oxygen atoms in total. The van der Waals surface area contributed by atoms with Gasteiger partial charge in [0.05, 0.1) is 0 Å². The summed E-state index contributed by atoms with van der Waals surface area (Å²) in [4.78, 5) is 1.22. The smallest absolute Gasteiger partial charge is 0.124 e. The van der Waals surface area contributed by atoms with Gasteiger partial charge in [-0.1, -0.05) is 22.0 Å². The molecule has 0 spiro atoms. The average molecular weight is 300 g/mol. The highest BCUT2D eigenvalue weighted by molar-refractivity contribution is 9.10. The lowest BCUT2D eigenvalue weighted by molar-refractivity contribution is 0.618. The summed E-state index contributed by atoms with van der Waals surface area (Å²) >= 11 is 4.94. The molecule has 4 heteroatoms. The first-order valence-corrected chi connectivity index (χ1v) is 6.56. The van der Waals surface area contributed by atoms with Crippen LogP contribution in [0.1, 0.15) is 16.5 Å². The fraction of sp³-hybridized carbons (Fsp3) is 0.167. The standard InChI is InChI=1S/C12H11BrFNS/c13-9-4-8(5-10(14)6-9)12(15)7-11-2-1-3-16-11/h1-6,12H,7,15H2. The Morgan fingerprint density at radius 1 is 1.38 bits per heavy atom. The summed E-state index contributed by atoms with van der Waals surface area (Å²) in [7, 11) is 0. The lowest BCUT2D eigenvalue weighted by Gasteiger charge is -2.11. The van der Waals surface area contributed by atoms with Crippen molar-refractivity contribution < 1.29 is 4.39 Å². The van der Waals surface area contributed by atoms with E-state index < -0.39 is 0 Å². The minimum absolute atomic E-state index is 0.161. The molecule has 1 aromatic heterocycles. The highest BCUT2D eigenvalue weighted by atomic mass is 79.9. The second-order valence-corrected chi connectivity index (χ2v) is 5.54. The number of rotatable bonds is 3. The normalized spacial score (nSPS) is 12.7. The minimum Gasteiger partial charge on any atom is -0.324 e. The van der Waals surface area contributed by atoms with Gasteiger partial charge >= 0.3 is 0 Å². The van der Waals surface area contributed by atoms with Crippen LogP contribution in [0.2, 0.25) is 0 Å². The molecular weight excluding hydrogens is 289 g/mol. The third kappa shape index (κ3) is 2.90. The van der Waals surface area contributed by atoms with Crippen molar-refractivity contribution in [2.24, 2.45) is 5.73 Å². The molecule has 2 aromatic rings. The molecule has 0 amide bonds. The average Bonchev–Trinajstić information content (AvgIpc) is 2.68. The molecule has 0 saturated carbocycles. The van der Waals surface area contributed by atoms with Crippen LogP contribution in [0.4, 0.5) is 4.39 Å². The van der Waals surface area contributed by atoms with E-state index in [1.54, 1.807) is 11.3 Å². The van der Waals surface area contributed by atoms with Gasteiger partial charge in [-0.25, -0.2) is 4.39 Å². The van der Waals surface area contributed by atoms with E-state index in [1.807, 2.05) is 23.6 Å². The van der Waals surface area contributed by atoms with Crippen LogP contribution >= 0.6 is 27.3 Å². The van der Waals surface area contributed by atoms with Gasteiger partial charge in [-0.15, -0.1) is 11.3 Å². The van der Waals surface area contributed by atoms with Crippen molar-refractivity contribution in [3.8, 4) is 0 Å². The molecule has 2 N–H and O–H groups in total. The molecule has 0 bridgehead atoms. The second-order valence-electron chi connectivity index (χ2n) is 3.59. The van der Waals surface area contributed by atoms with E-state index in [0.717, 1.165) is 16.5 Å². The molecule has 1 aromatic carbocycles. The van der Waals surface area contributed by atoms with E-state index in [2.05, 4.69) is 15.9 Å². The fourth-order valence-electron chi connectivity index (χ4n) is 1.55. The molecule has 1 unspecified atom stereocenters. The monoisotopic (exact) mass is 299 g/mol. The van der Waals surface area contributed by atoms with Gasteiger partial charge < -0.3 is 5.73 Å². The lowest BCUT2D eigenvalue weighted by atomic mass is 10.0. The molecule has 0 aliphatic carbocycles. The van der Waals surface area contributed by atoms with Crippen LogP contribution in [0, 0.1) is 5.82 Å².